The molecule has 0 spiro atoms. The SMILES string of the molecule is CCCn1c(CC#N)nc2cccc(Cl)c21. The molecule has 2 rings (SSSR count). The van der Waals surface area contributed by atoms with Crippen molar-refractivity contribution >= 4 is 22.6 Å². The number of nitrogens with zero attached hydrogens (tertiary/aromatic N) is 3. The molecule has 0 saturated carbocycles. The van der Waals surface area contributed by atoms with E-state index in [1.165, 1.54) is 0 Å². The highest BCUT2D eigenvalue weighted by Crippen LogP contribution is 2.25. The summed E-state index contributed by atoms with van der Waals surface area (Å²) in [5, 5.41) is 9.47. The summed E-state index contributed by atoms with van der Waals surface area (Å²) in [6.45, 7) is 2.94. The average molecular weight is 234 g/mol. The van der Waals surface area contributed by atoms with E-state index in [2.05, 4.69) is 18.0 Å². The van der Waals surface area contributed by atoms with Crippen molar-refractivity contribution in [2.75, 3.05) is 0 Å². The van der Waals surface area contributed by atoms with E-state index < -0.39 is 0 Å². The average Bonchev–Trinajstić information content (AvgIpc) is 2.59. The first-order chi connectivity index (χ1) is 7.77. The molecule has 3 nitrogen and oxygen atoms in total. The zero-order chi connectivity index (χ0) is 11.5. The van der Waals surface area contributed by atoms with Crippen LogP contribution in [-0.2, 0) is 13.0 Å². The van der Waals surface area contributed by atoms with Crippen LogP contribution in [0.25, 0.3) is 11.0 Å². The summed E-state index contributed by atoms with van der Waals surface area (Å²) >= 11 is 6.17. The minimum atomic E-state index is 0.324. The first kappa shape index (κ1) is 11.0. The molecule has 0 radical (unpaired) electrons. The molecule has 0 amide bonds. The fourth-order valence-electron chi connectivity index (χ4n) is 1.86. The quantitative estimate of drug-likeness (QED) is 0.817. The molecule has 0 N–H and O–H groups in total. The van der Waals surface area contributed by atoms with Gasteiger partial charge in [0.1, 0.15) is 5.82 Å². The number of hydrogen-bond acceptors (Lipinski definition) is 2. The van der Waals surface area contributed by atoms with Gasteiger partial charge in [-0.25, -0.2) is 4.98 Å². The number of aryl methyl sites for hydroxylation is 1. The van der Waals surface area contributed by atoms with E-state index in [0.717, 1.165) is 29.8 Å². The Kier molecular flexibility index (Phi) is 3.12. The van der Waals surface area contributed by atoms with Gasteiger partial charge in [0, 0.05) is 6.54 Å². The zero-order valence-corrected chi connectivity index (χ0v) is 9.83. The molecule has 1 aromatic carbocycles. The summed E-state index contributed by atoms with van der Waals surface area (Å²) in [5.41, 5.74) is 1.81. The van der Waals surface area contributed by atoms with Crippen molar-refractivity contribution < 1.29 is 0 Å². The van der Waals surface area contributed by atoms with Crippen LogP contribution in [0, 0.1) is 11.3 Å². The van der Waals surface area contributed by atoms with Crippen LogP contribution in [-0.4, -0.2) is 9.55 Å². The zero-order valence-electron chi connectivity index (χ0n) is 9.07. The van der Waals surface area contributed by atoms with Gasteiger partial charge in [-0.15, -0.1) is 0 Å². The van der Waals surface area contributed by atoms with Crippen LogP contribution < -0.4 is 0 Å². The Morgan fingerprint density at radius 3 is 3.00 bits per heavy atom. The largest absolute Gasteiger partial charge is 0.326 e. The molecule has 0 aliphatic rings. The van der Waals surface area contributed by atoms with Crippen LogP contribution in [0.15, 0.2) is 18.2 Å². The van der Waals surface area contributed by atoms with Crippen molar-refractivity contribution in [3.8, 4) is 6.07 Å². The fraction of sp³-hybridized carbons (Fsp3) is 0.333. The van der Waals surface area contributed by atoms with Crippen LogP contribution in [0.4, 0.5) is 0 Å². The number of aromatic nitrogens is 2. The normalized spacial score (nSPS) is 10.6. The molecule has 0 aliphatic heterocycles. The Labute approximate surface area is 99.3 Å². The molecule has 1 heterocycles. The molecule has 0 fully saturated rings. The van der Waals surface area contributed by atoms with Gasteiger partial charge in [-0.1, -0.05) is 24.6 Å². The number of halogens is 1. The van der Waals surface area contributed by atoms with Crippen LogP contribution >= 0.6 is 11.6 Å². The first-order valence-corrected chi connectivity index (χ1v) is 5.66. The van der Waals surface area contributed by atoms with E-state index in [1.54, 1.807) is 0 Å². The lowest BCUT2D eigenvalue weighted by atomic mass is 10.3. The van der Waals surface area contributed by atoms with Crippen molar-refractivity contribution in [2.45, 2.75) is 26.3 Å². The number of fused-ring (bicyclic) bond motifs is 1. The van der Waals surface area contributed by atoms with Crippen LogP contribution in [0.5, 0.6) is 0 Å². The molecular formula is C12H12ClN3. The predicted octanol–water partition coefficient (Wildman–Crippen LogP) is 3.17. The van der Waals surface area contributed by atoms with Gasteiger partial charge >= 0.3 is 0 Å². The summed E-state index contributed by atoms with van der Waals surface area (Å²) in [6, 6.07) is 7.80. The summed E-state index contributed by atoms with van der Waals surface area (Å²) < 4.78 is 2.04. The highest BCUT2D eigenvalue weighted by Gasteiger charge is 2.11. The lowest BCUT2D eigenvalue weighted by Crippen LogP contribution is -2.02. The van der Waals surface area contributed by atoms with Gasteiger partial charge in [-0.2, -0.15) is 5.26 Å². The minimum absolute atomic E-state index is 0.324. The summed E-state index contributed by atoms with van der Waals surface area (Å²) in [7, 11) is 0. The number of hydrogen-bond donors (Lipinski definition) is 0. The van der Waals surface area contributed by atoms with Gasteiger partial charge < -0.3 is 4.57 Å². The van der Waals surface area contributed by atoms with E-state index in [4.69, 9.17) is 16.9 Å². The monoisotopic (exact) mass is 233 g/mol. The first-order valence-electron chi connectivity index (χ1n) is 5.28. The Bertz CT molecular complexity index is 551. The molecule has 0 saturated heterocycles. The molecule has 1 aromatic heterocycles. The second-order valence-corrected chi connectivity index (χ2v) is 4.03. The molecule has 0 bridgehead atoms. The van der Waals surface area contributed by atoms with Crippen molar-refractivity contribution in [3.05, 3.63) is 29.0 Å². The van der Waals surface area contributed by atoms with E-state index in [-0.39, 0.29) is 0 Å². The van der Waals surface area contributed by atoms with Gasteiger partial charge in [-0.3, -0.25) is 0 Å². The van der Waals surface area contributed by atoms with Crippen LogP contribution in [0.3, 0.4) is 0 Å². The van der Waals surface area contributed by atoms with E-state index in [0.29, 0.717) is 11.4 Å². The van der Waals surface area contributed by atoms with Crippen molar-refractivity contribution in [1.29, 1.82) is 5.26 Å². The Balaban J connectivity index is 2.68. The highest BCUT2D eigenvalue weighted by atomic mass is 35.5. The summed E-state index contributed by atoms with van der Waals surface area (Å²) in [5.74, 6) is 0.799. The van der Waals surface area contributed by atoms with Gasteiger partial charge in [0.05, 0.1) is 28.5 Å². The highest BCUT2D eigenvalue weighted by molar-refractivity contribution is 6.35. The van der Waals surface area contributed by atoms with Crippen LogP contribution in [0.1, 0.15) is 19.2 Å². The lowest BCUT2D eigenvalue weighted by Gasteiger charge is -2.05. The van der Waals surface area contributed by atoms with Gasteiger partial charge in [0.15, 0.2) is 0 Å². The van der Waals surface area contributed by atoms with Crippen molar-refractivity contribution in [1.82, 2.24) is 9.55 Å². The molecule has 0 unspecified atom stereocenters. The topological polar surface area (TPSA) is 41.6 Å². The fourth-order valence-corrected chi connectivity index (χ4v) is 2.13. The Hall–Kier alpha value is -1.53. The standard InChI is InChI=1S/C12H12ClN3/c1-2-8-16-11(6-7-14)15-10-5-3-4-9(13)12(10)16/h3-5H,2,6,8H2,1H3. The van der Waals surface area contributed by atoms with E-state index in [1.807, 2.05) is 22.8 Å². The molecular weight excluding hydrogens is 222 g/mol. The third-order valence-electron chi connectivity index (χ3n) is 2.48. The second-order valence-electron chi connectivity index (χ2n) is 3.62. The number of benzene rings is 1. The second kappa shape index (κ2) is 4.54. The molecule has 0 aliphatic carbocycles. The molecule has 0 atom stereocenters. The van der Waals surface area contributed by atoms with E-state index in [9.17, 15) is 0 Å². The Morgan fingerprint density at radius 1 is 1.50 bits per heavy atom. The third kappa shape index (κ3) is 1.77. The third-order valence-corrected chi connectivity index (χ3v) is 2.79. The number of nitriles is 1. The van der Waals surface area contributed by atoms with Gasteiger partial charge in [-0.05, 0) is 18.6 Å². The minimum Gasteiger partial charge on any atom is -0.326 e. The lowest BCUT2D eigenvalue weighted by molar-refractivity contribution is 0.667. The van der Waals surface area contributed by atoms with Crippen molar-refractivity contribution in [3.63, 3.8) is 0 Å². The van der Waals surface area contributed by atoms with E-state index >= 15 is 0 Å². The number of imidazole rings is 1. The number of para-hydroxylation sites is 1. The summed E-state index contributed by atoms with van der Waals surface area (Å²) in [4.78, 5) is 4.44. The predicted molar refractivity (Wildman–Crippen MR) is 64.4 cm³/mol. The molecule has 82 valence electrons. The Morgan fingerprint density at radius 2 is 2.31 bits per heavy atom. The molecule has 4 heteroatoms. The molecule has 2 aromatic rings. The molecule has 16 heavy (non-hydrogen) atoms. The van der Waals surface area contributed by atoms with Gasteiger partial charge in [0.25, 0.3) is 0 Å². The smallest absolute Gasteiger partial charge is 0.124 e. The van der Waals surface area contributed by atoms with Gasteiger partial charge in [0.2, 0.25) is 0 Å². The van der Waals surface area contributed by atoms with Crippen LogP contribution in [0.2, 0.25) is 5.02 Å². The summed E-state index contributed by atoms with van der Waals surface area (Å²) in [6.07, 6.45) is 1.32. The maximum Gasteiger partial charge on any atom is 0.124 e. The van der Waals surface area contributed by atoms with Crippen molar-refractivity contribution in [2.24, 2.45) is 0 Å². The number of rotatable bonds is 3. The maximum atomic E-state index is 8.77. The maximum absolute atomic E-state index is 8.77.